The van der Waals surface area contributed by atoms with E-state index in [9.17, 15) is 9.59 Å². The SMILES string of the molecule is CCC1C(=O)NC(C)(C)C(=O)N1CCCCSC. The third kappa shape index (κ3) is 3.40. The topological polar surface area (TPSA) is 49.4 Å². The number of nitrogens with one attached hydrogen (secondary N) is 1. The Morgan fingerprint density at radius 2 is 2.00 bits per heavy atom. The smallest absolute Gasteiger partial charge is 0.248 e. The molecule has 1 atom stereocenters. The van der Waals surface area contributed by atoms with Crippen LogP contribution < -0.4 is 5.32 Å². The summed E-state index contributed by atoms with van der Waals surface area (Å²) in [6.07, 6.45) is 4.81. The van der Waals surface area contributed by atoms with Crippen LogP contribution in [0.5, 0.6) is 0 Å². The first-order valence-corrected chi connectivity index (χ1v) is 7.95. The second kappa shape index (κ2) is 6.45. The molecule has 1 unspecified atom stereocenters. The molecule has 0 aromatic rings. The van der Waals surface area contributed by atoms with Gasteiger partial charge in [-0.3, -0.25) is 9.59 Å². The van der Waals surface area contributed by atoms with Gasteiger partial charge in [-0.1, -0.05) is 6.92 Å². The molecule has 0 radical (unpaired) electrons. The van der Waals surface area contributed by atoms with Gasteiger partial charge < -0.3 is 10.2 Å². The highest BCUT2D eigenvalue weighted by Crippen LogP contribution is 2.20. The minimum absolute atomic E-state index is 0.0213. The lowest BCUT2D eigenvalue weighted by Gasteiger charge is -2.42. The maximum atomic E-state index is 12.3. The molecule has 4 nitrogen and oxygen atoms in total. The molecule has 1 saturated heterocycles. The number of piperazine rings is 1. The summed E-state index contributed by atoms with van der Waals surface area (Å²) < 4.78 is 0. The number of unbranched alkanes of at least 4 members (excludes halogenated alkanes) is 1. The van der Waals surface area contributed by atoms with E-state index >= 15 is 0 Å². The van der Waals surface area contributed by atoms with Crippen LogP contribution >= 0.6 is 11.8 Å². The average molecular weight is 272 g/mol. The Bertz CT molecular complexity index is 318. The fourth-order valence-corrected chi connectivity index (χ4v) is 2.77. The fourth-order valence-electron chi connectivity index (χ4n) is 2.28. The van der Waals surface area contributed by atoms with Gasteiger partial charge in [0.25, 0.3) is 0 Å². The zero-order chi connectivity index (χ0) is 13.8. The molecule has 0 spiro atoms. The van der Waals surface area contributed by atoms with E-state index in [0.29, 0.717) is 13.0 Å². The van der Waals surface area contributed by atoms with Crippen molar-refractivity contribution in [2.24, 2.45) is 0 Å². The van der Waals surface area contributed by atoms with Crippen LogP contribution in [0.3, 0.4) is 0 Å². The summed E-state index contributed by atoms with van der Waals surface area (Å²) in [5.41, 5.74) is -0.762. The average Bonchev–Trinajstić information content (AvgIpc) is 2.30. The first-order valence-electron chi connectivity index (χ1n) is 6.56. The summed E-state index contributed by atoms with van der Waals surface area (Å²) in [6, 6.07) is -0.292. The Balaban J connectivity index is 2.68. The van der Waals surface area contributed by atoms with Gasteiger partial charge in [0.1, 0.15) is 11.6 Å². The molecular formula is C13H24N2O2S. The molecule has 0 aromatic heterocycles. The van der Waals surface area contributed by atoms with Gasteiger partial charge >= 0.3 is 0 Å². The molecule has 0 saturated carbocycles. The summed E-state index contributed by atoms with van der Waals surface area (Å²) in [5.74, 6) is 1.12. The third-order valence-electron chi connectivity index (χ3n) is 3.29. The number of rotatable bonds is 6. The van der Waals surface area contributed by atoms with Crippen molar-refractivity contribution in [3.05, 3.63) is 0 Å². The van der Waals surface area contributed by atoms with E-state index in [4.69, 9.17) is 0 Å². The van der Waals surface area contributed by atoms with Gasteiger partial charge in [-0.15, -0.1) is 0 Å². The van der Waals surface area contributed by atoms with Crippen LogP contribution in [-0.2, 0) is 9.59 Å². The highest BCUT2D eigenvalue weighted by molar-refractivity contribution is 7.98. The van der Waals surface area contributed by atoms with Gasteiger partial charge in [0.15, 0.2) is 0 Å². The highest BCUT2D eigenvalue weighted by Gasteiger charge is 2.43. The lowest BCUT2D eigenvalue weighted by molar-refractivity contribution is -0.153. The first-order chi connectivity index (χ1) is 8.44. The number of carbonyl (C=O) groups excluding carboxylic acids is 2. The maximum Gasteiger partial charge on any atom is 0.248 e. The maximum absolute atomic E-state index is 12.3. The van der Waals surface area contributed by atoms with Crippen LogP contribution in [0.1, 0.15) is 40.0 Å². The monoisotopic (exact) mass is 272 g/mol. The zero-order valence-corrected chi connectivity index (χ0v) is 12.6. The van der Waals surface area contributed by atoms with E-state index in [-0.39, 0.29) is 17.9 Å². The molecular weight excluding hydrogens is 248 g/mol. The van der Waals surface area contributed by atoms with Crippen LogP contribution in [0.4, 0.5) is 0 Å². The van der Waals surface area contributed by atoms with Gasteiger partial charge in [0.2, 0.25) is 11.8 Å². The summed E-state index contributed by atoms with van der Waals surface area (Å²) >= 11 is 1.81. The van der Waals surface area contributed by atoms with Crippen LogP contribution in [0.15, 0.2) is 0 Å². The summed E-state index contributed by atoms with van der Waals surface area (Å²) in [4.78, 5) is 26.1. The molecule has 2 amide bonds. The Hall–Kier alpha value is -0.710. The minimum Gasteiger partial charge on any atom is -0.340 e. The number of hydrogen-bond acceptors (Lipinski definition) is 3. The molecule has 1 fully saturated rings. The zero-order valence-electron chi connectivity index (χ0n) is 11.8. The quantitative estimate of drug-likeness (QED) is 0.748. The number of carbonyl (C=O) groups is 2. The van der Waals surface area contributed by atoms with Gasteiger partial charge in [0.05, 0.1) is 0 Å². The number of nitrogens with zero attached hydrogens (tertiary/aromatic N) is 1. The molecule has 1 rings (SSSR count). The Labute approximate surface area is 114 Å². The predicted octanol–water partition coefficient (Wildman–Crippen LogP) is 1.65. The highest BCUT2D eigenvalue weighted by atomic mass is 32.2. The minimum atomic E-state index is -0.762. The van der Waals surface area contributed by atoms with Crippen molar-refractivity contribution >= 4 is 23.6 Å². The molecule has 0 bridgehead atoms. The van der Waals surface area contributed by atoms with E-state index in [1.54, 1.807) is 18.7 Å². The Morgan fingerprint density at radius 1 is 1.33 bits per heavy atom. The molecule has 18 heavy (non-hydrogen) atoms. The Morgan fingerprint density at radius 3 is 2.56 bits per heavy atom. The van der Waals surface area contributed by atoms with Crippen molar-refractivity contribution < 1.29 is 9.59 Å². The van der Waals surface area contributed by atoms with Crippen molar-refractivity contribution in [1.82, 2.24) is 10.2 Å². The molecule has 1 aliphatic rings. The standard InChI is InChI=1S/C13H24N2O2S/c1-5-10-11(16)14-13(2,3)12(17)15(10)8-6-7-9-18-4/h10H,5-9H2,1-4H3,(H,14,16). The van der Waals surface area contributed by atoms with Crippen LogP contribution in [0, 0.1) is 0 Å². The molecule has 1 N–H and O–H groups in total. The molecule has 104 valence electrons. The number of thioether (sulfide) groups is 1. The van der Waals surface area contributed by atoms with Crippen LogP contribution in [-0.4, -0.2) is 46.8 Å². The van der Waals surface area contributed by atoms with Crippen molar-refractivity contribution in [1.29, 1.82) is 0 Å². The van der Waals surface area contributed by atoms with Crippen LogP contribution in [0.2, 0.25) is 0 Å². The largest absolute Gasteiger partial charge is 0.340 e. The van der Waals surface area contributed by atoms with E-state index in [2.05, 4.69) is 11.6 Å². The van der Waals surface area contributed by atoms with E-state index < -0.39 is 5.54 Å². The second-order valence-corrected chi connectivity index (χ2v) is 6.22. The van der Waals surface area contributed by atoms with E-state index in [1.165, 1.54) is 0 Å². The van der Waals surface area contributed by atoms with E-state index in [0.717, 1.165) is 18.6 Å². The molecule has 5 heteroatoms. The lowest BCUT2D eigenvalue weighted by Crippen LogP contribution is -2.68. The van der Waals surface area contributed by atoms with Crippen molar-refractivity contribution in [2.45, 2.75) is 51.6 Å². The Kier molecular flexibility index (Phi) is 5.50. The number of hydrogen-bond donors (Lipinski definition) is 1. The van der Waals surface area contributed by atoms with Gasteiger partial charge in [-0.25, -0.2) is 0 Å². The number of amides is 2. The lowest BCUT2D eigenvalue weighted by atomic mass is 9.95. The van der Waals surface area contributed by atoms with Crippen LogP contribution in [0.25, 0.3) is 0 Å². The van der Waals surface area contributed by atoms with Crippen molar-refractivity contribution in [3.63, 3.8) is 0 Å². The van der Waals surface area contributed by atoms with Gasteiger partial charge in [0, 0.05) is 6.54 Å². The van der Waals surface area contributed by atoms with Gasteiger partial charge in [-0.05, 0) is 45.1 Å². The summed E-state index contributed by atoms with van der Waals surface area (Å²) in [6.45, 7) is 6.18. The summed E-state index contributed by atoms with van der Waals surface area (Å²) in [7, 11) is 0. The molecule has 0 aromatic carbocycles. The summed E-state index contributed by atoms with van der Waals surface area (Å²) in [5, 5.41) is 2.80. The fraction of sp³-hybridized carbons (Fsp3) is 0.846. The second-order valence-electron chi connectivity index (χ2n) is 5.24. The molecule has 1 heterocycles. The van der Waals surface area contributed by atoms with Crippen molar-refractivity contribution in [2.75, 3.05) is 18.6 Å². The van der Waals surface area contributed by atoms with Crippen molar-refractivity contribution in [3.8, 4) is 0 Å². The molecule has 1 aliphatic heterocycles. The van der Waals surface area contributed by atoms with Gasteiger partial charge in [-0.2, -0.15) is 11.8 Å². The predicted molar refractivity (Wildman–Crippen MR) is 75.6 cm³/mol. The first kappa shape index (κ1) is 15.3. The van der Waals surface area contributed by atoms with E-state index in [1.807, 2.05) is 18.7 Å². The normalized spacial score (nSPS) is 23.1. The molecule has 0 aliphatic carbocycles. The third-order valence-corrected chi connectivity index (χ3v) is 3.99.